The Balaban J connectivity index is 1.97. The smallest absolute Gasteiger partial charge is 0.248 e. The Bertz CT molecular complexity index is 738. The molecule has 2 aromatic carbocycles. The topological polar surface area (TPSA) is 56.8 Å². The summed E-state index contributed by atoms with van der Waals surface area (Å²) < 4.78 is 16.1. The minimum absolute atomic E-state index is 0.250. The van der Waals surface area contributed by atoms with Crippen LogP contribution in [0.2, 0.25) is 0 Å². The average molecular weight is 355 g/mol. The molecule has 0 spiro atoms. The lowest BCUT2D eigenvalue weighted by atomic mass is 10.2. The summed E-state index contributed by atoms with van der Waals surface area (Å²) in [7, 11) is 3.13. The molecular formula is C21H25NO4. The van der Waals surface area contributed by atoms with Gasteiger partial charge >= 0.3 is 0 Å². The van der Waals surface area contributed by atoms with E-state index in [-0.39, 0.29) is 5.91 Å². The third kappa shape index (κ3) is 5.84. The second-order valence-electron chi connectivity index (χ2n) is 5.66. The molecular weight excluding hydrogens is 330 g/mol. The number of nitrogens with one attached hydrogen (secondary N) is 1. The van der Waals surface area contributed by atoms with Gasteiger partial charge in [-0.3, -0.25) is 4.79 Å². The van der Waals surface area contributed by atoms with Gasteiger partial charge in [-0.25, -0.2) is 0 Å². The van der Waals surface area contributed by atoms with E-state index in [1.54, 1.807) is 38.5 Å². The molecule has 1 amide bonds. The standard InChI is InChI=1S/C21H25NO4/c1-4-5-14-26-17-9-6-16(7-10-17)8-13-21(23)22-19-15-18(24-2)11-12-20(19)25-3/h6-13,15H,4-5,14H2,1-3H3,(H,22,23)/b13-8+. The molecule has 0 heterocycles. The predicted octanol–water partition coefficient (Wildman–Crippen LogP) is 4.53. The molecule has 5 nitrogen and oxygen atoms in total. The van der Waals surface area contributed by atoms with Crippen LogP contribution in [0.15, 0.2) is 48.5 Å². The lowest BCUT2D eigenvalue weighted by Crippen LogP contribution is -2.09. The fraction of sp³-hybridized carbons (Fsp3) is 0.286. The Hall–Kier alpha value is -2.95. The molecule has 0 aromatic heterocycles. The fourth-order valence-electron chi connectivity index (χ4n) is 2.27. The van der Waals surface area contributed by atoms with Crippen LogP contribution >= 0.6 is 0 Å². The van der Waals surface area contributed by atoms with E-state index in [0.29, 0.717) is 17.2 Å². The highest BCUT2D eigenvalue weighted by Gasteiger charge is 2.07. The van der Waals surface area contributed by atoms with Crippen LogP contribution in [0, 0.1) is 0 Å². The molecule has 0 radical (unpaired) electrons. The summed E-state index contributed by atoms with van der Waals surface area (Å²) in [6.07, 6.45) is 5.37. The Morgan fingerprint density at radius 3 is 2.42 bits per heavy atom. The molecule has 138 valence electrons. The van der Waals surface area contributed by atoms with E-state index in [0.717, 1.165) is 30.8 Å². The molecule has 0 fully saturated rings. The van der Waals surface area contributed by atoms with Gasteiger partial charge in [0.25, 0.3) is 0 Å². The highest BCUT2D eigenvalue weighted by atomic mass is 16.5. The first-order valence-corrected chi connectivity index (χ1v) is 8.60. The van der Waals surface area contributed by atoms with E-state index in [4.69, 9.17) is 14.2 Å². The minimum Gasteiger partial charge on any atom is -0.497 e. The average Bonchev–Trinajstić information content (AvgIpc) is 2.67. The van der Waals surface area contributed by atoms with Gasteiger partial charge in [-0.1, -0.05) is 25.5 Å². The third-order valence-corrected chi connectivity index (χ3v) is 3.74. The number of benzene rings is 2. The van der Waals surface area contributed by atoms with Crippen molar-refractivity contribution in [2.45, 2.75) is 19.8 Å². The monoisotopic (exact) mass is 355 g/mol. The van der Waals surface area contributed by atoms with Gasteiger partial charge in [0.05, 0.1) is 26.5 Å². The van der Waals surface area contributed by atoms with Gasteiger partial charge in [0.2, 0.25) is 5.91 Å². The third-order valence-electron chi connectivity index (χ3n) is 3.74. The number of carbonyl (C=O) groups is 1. The van der Waals surface area contributed by atoms with Crippen molar-refractivity contribution < 1.29 is 19.0 Å². The van der Waals surface area contributed by atoms with Gasteiger partial charge in [-0.15, -0.1) is 0 Å². The first-order chi connectivity index (χ1) is 12.7. The molecule has 2 rings (SSSR count). The fourth-order valence-corrected chi connectivity index (χ4v) is 2.27. The van der Waals surface area contributed by atoms with Crippen LogP contribution in [0.3, 0.4) is 0 Å². The van der Waals surface area contributed by atoms with Crippen LogP contribution in [0.1, 0.15) is 25.3 Å². The highest BCUT2D eigenvalue weighted by molar-refractivity contribution is 6.02. The van der Waals surface area contributed by atoms with Gasteiger partial charge in [0.15, 0.2) is 0 Å². The summed E-state index contributed by atoms with van der Waals surface area (Å²) in [5.41, 5.74) is 1.47. The maximum absolute atomic E-state index is 12.2. The summed E-state index contributed by atoms with van der Waals surface area (Å²) >= 11 is 0. The van der Waals surface area contributed by atoms with Crippen molar-refractivity contribution in [2.75, 3.05) is 26.1 Å². The van der Waals surface area contributed by atoms with E-state index >= 15 is 0 Å². The number of ether oxygens (including phenoxy) is 3. The zero-order valence-electron chi connectivity index (χ0n) is 15.5. The summed E-state index contributed by atoms with van der Waals surface area (Å²) in [6, 6.07) is 12.9. The van der Waals surface area contributed by atoms with Crippen LogP contribution in [0.25, 0.3) is 6.08 Å². The van der Waals surface area contributed by atoms with Crippen LogP contribution < -0.4 is 19.5 Å². The maximum atomic E-state index is 12.2. The molecule has 0 aliphatic rings. The number of carbonyl (C=O) groups excluding carboxylic acids is 1. The van der Waals surface area contributed by atoms with Crippen molar-refractivity contribution in [3.63, 3.8) is 0 Å². The Labute approximate surface area is 154 Å². The maximum Gasteiger partial charge on any atom is 0.248 e. The van der Waals surface area contributed by atoms with E-state index in [1.165, 1.54) is 6.08 Å². The molecule has 0 bridgehead atoms. The van der Waals surface area contributed by atoms with Gasteiger partial charge in [-0.05, 0) is 42.3 Å². The van der Waals surface area contributed by atoms with Crippen molar-refractivity contribution in [3.8, 4) is 17.2 Å². The number of rotatable bonds is 9. The van der Waals surface area contributed by atoms with Crippen LogP contribution in [-0.4, -0.2) is 26.7 Å². The van der Waals surface area contributed by atoms with E-state index < -0.39 is 0 Å². The number of hydrogen-bond donors (Lipinski definition) is 1. The minimum atomic E-state index is -0.250. The molecule has 1 N–H and O–H groups in total. The quantitative estimate of drug-likeness (QED) is 0.530. The largest absolute Gasteiger partial charge is 0.497 e. The van der Waals surface area contributed by atoms with Gasteiger partial charge in [-0.2, -0.15) is 0 Å². The number of anilines is 1. The van der Waals surface area contributed by atoms with Crippen LogP contribution in [0.5, 0.6) is 17.2 Å². The van der Waals surface area contributed by atoms with Crippen molar-refractivity contribution in [2.24, 2.45) is 0 Å². The zero-order chi connectivity index (χ0) is 18.8. The zero-order valence-corrected chi connectivity index (χ0v) is 15.5. The summed E-state index contributed by atoms with van der Waals surface area (Å²) in [4.78, 5) is 12.2. The molecule has 0 aliphatic heterocycles. The number of unbranched alkanes of at least 4 members (excludes halogenated alkanes) is 1. The molecule has 0 saturated heterocycles. The Morgan fingerprint density at radius 2 is 1.77 bits per heavy atom. The van der Waals surface area contributed by atoms with Crippen molar-refractivity contribution in [1.29, 1.82) is 0 Å². The predicted molar refractivity (Wildman–Crippen MR) is 104 cm³/mol. The SMILES string of the molecule is CCCCOc1ccc(/C=C/C(=O)Nc2cc(OC)ccc2OC)cc1. The van der Waals surface area contributed by atoms with Gasteiger partial charge < -0.3 is 19.5 Å². The van der Waals surface area contributed by atoms with Crippen LogP contribution in [0.4, 0.5) is 5.69 Å². The first kappa shape index (κ1) is 19.4. The summed E-state index contributed by atoms with van der Waals surface area (Å²) in [5.74, 6) is 1.80. The molecule has 5 heteroatoms. The lowest BCUT2D eigenvalue weighted by molar-refractivity contribution is -0.111. The molecule has 2 aromatic rings. The van der Waals surface area contributed by atoms with Gasteiger partial charge in [0, 0.05) is 12.1 Å². The highest BCUT2D eigenvalue weighted by Crippen LogP contribution is 2.28. The van der Waals surface area contributed by atoms with Crippen molar-refractivity contribution in [1.82, 2.24) is 0 Å². The molecule has 0 unspecified atom stereocenters. The summed E-state index contributed by atoms with van der Waals surface area (Å²) in [5, 5.41) is 2.80. The second kappa shape index (κ2) is 10.1. The normalized spacial score (nSPS) is 10.6. The van der Waals surface area contributed by atoms with Crippen LogP contribution in [-0.2, 0) is 4.79 Å². The van der Waals surface area contributed by atoms with Crippen molar-refractivity contribution in [3.05, 3.63) is 54.1 Å². The first-order valence-electron chi connectivity index (χ1n) is 8.60. The lowest BCUT2D eigenvalue weighted by Gasteiger charge is -2.10. The van der Waals surface area contributed by atoms with E-state index in [2.05, 4.69) is 12.2 Å². The molecule has 0 atom stereocenters. The molecule has 0 aliphatic carbocycles. The summed E-state index contributed by atoms with van der Waals surface area (Å²) in [6.45, 7) is 2.85. The Kier molecular flexibility index (Phi) is 7.55. The molecule has 26 heavy (non-hydrogen) atoms. The molecule has 0 saturated carbocycles. The van der Waals surface area contributed by atoms with Crippen molar-refractivity contribution >= 4 is 17.7 Å². The van der Waals surface area contributed by atoms with E-state index in [1.807, 2.05) is 24.3 Å². The van der Waals surface area contributed by atoms with E-state index in [9.17, 15) is 4.79 Å². The second-order valence-corrected chi connectivity index (χ2v) is 5.66. The van der Waals surface area contributed by atoms with Gasteiger partial charge in [0.1, 0.15) is 17.2 Å². The number of amides is 1. The number of methoxy groups -OCH3 is 2. The Morgan fingerprint density at radius 1 is 1.04 bits per heavy atom. The number of hydrogen-bond acceptors (Lipinski definition) is 4.